The molecule has 23 heavy (non-hydrogen) atoms. The topological polar surface area (TPSA) is 29.8 Å². The molecule has 3 heterocycles. The van der Waals surface area contributed by atoms with Crippen molar-refractivity contribution in [3.8, 4) is 17.0 Å². The van der Waals surface area contributed by atoms with Gasteiger partial charge in [0.15, 0.2) is 0 Å². The predicted octanol–water partition coefficient (Wildman–Crippen LogP) is 3.56. The Morgan fingerprint density at radius 3 is 2.74 bits per heavy atom. The highest BCUT2D eigenvalue weighted by Gasteiger charge is 2.22. The molecule has 0 unspecified atom stereocenters. The number of nitrogens with zero attached hydrogens (tertiary/aromatic N) is 3. The summed E-state index contributed by atoms with van der Waals surface area (Å²) >= 11 is 0. The molecular weight excluding hydrogens is 293 g/mol. The smallest absolute Gasteiger partial charge is 0.139 e. The van der Waals surface area contributed by atoms with Gasteiger partial charge in [-0.1, -0.05) is 0 Å². The molecule has 0 aliphatic carbocycles. The maximum atomic E-state index is 13.4. The van der Waals surface area contributed by atoms with Gasteiger partial charge in [0.2, 0.25) is 0 Å². The van der Waals surface area contributed by atoms with Crippen molar-refractivity contribution < 1.29 is 9.13 Å². The first-order valence-corrected chi connectivity index (χ1v) is 7.75. The molecule has 0 radical (unpaired) electrons. The number of hydrogen-bond donors (Lipinski definition) is 0. The first kappa shape index (κ1) is 14.1. The quantitative estimate of drug-likeness (QED) is 0.741. The molecule has 0 bridgehead atoms. The molecule has 1 aliphatic rings. The van der Waals surface area contributed by atoms with Crippen molar-refractivity contribution in [3.05, 3.63) is 48.8 Å². The van der Waals surface area contributed by atoms with Crippen LogP contribution in [-0.2, 0) is 0 Å². The van der Waals surface area contributed by atoms with Crippen LogP contribution in [0.4, 0.5) is 10.1 Å². The standard InChI is InChI=1S/C18H18FN3O/c1-23-16-4-2-13(3-5-16)17-12-22-9-7-15(10-18(22)20-17)21-8-6-14(19)11-21/h2-5,7,9-10,12,14H,6,8,11H2,1H3/t14-/m1/s1. The summed E-state index contributed by atoms with van der Waals surface area (Å²) < 4.78 is 20.6. The zero-order valence-electron chi connectivity index (χ0n) is 12.9. The summed E-state index contributed by atoms with van der Waals surface area (Å²) in [6.07, 6.45) is 3.87. The molecule has 1 aromatic carbocycles. The molecule has 5 heteroatoms. The number of hydrogen-bond acceptors (Lipinski definition) is 3. The van der Waals surface area contributed by atoms with Crippen molar-refractivity contribution in [3.63, 3.8) is 0 Å². The van der Waals surface area contributed by atoms with Gasteiger partial charge in [-0.3, -0.25) is 0 Å². The van der Waals surface area contributed by atoms with E-state index in [1.165, 1.54) is 0 Å². The summed E-state index contributed by atoms with van der Waals surface area (Å²) in [5, 5.41) is 0. The average molecular weight is 311 g/mol. The van der Waals surface area contributed by atoms with E-state index in [-0.39, 0.29) is 0 Å². The number of aromatic nitrogens is 2. The Bertz CT molecular complexity index is 828. The van der Waals surface area contributed by atoms with Crippen molar-refractivity contribution in [2.75, 3.05) is 25.1 Å². The average Bonchev–Trinajstić information content (AvgIpc) is 3.20. The van der Waals surface area contributed by atoms with Gasteiger partial charge in [-0.05, 0) is 36.8 Å². The van der Waals surface area contributed by atoms with Crippen LogP contribution in [0.15, 0.2) is 48.8 Å². The van der Waals surface area contributed by atoms with Crippen LogP contribution in [0.25, 0.3) is 16.9 Å². The molecular formula is C18H18FN3O. The Labute approximate surface area is 134 Å². The Morgan fingerprint density at radius 1 is 1.22 bits per heavy atom. The Morgan fingerprint density at radius 2 is 2.04 bits per heavy atom. The third-order valence-corrected chi connectivity index (χ3v) is 4.33. The number of rotatable bonds is 3. The number of benzene rings is 1. The Hall–Kier alpha value is -2.56. The molecule has 1 aliphatic heterocycles. The number of alkyl halides is 1. The van der Waals surface area contributed by atoms with Crippen molar-refractivity contribution in [2.24, 2.45) is 0 Å². The molecule has 4 rings (SSSR count). The summed E-state index contributed by atoms with van der Waals surface area (Å²) in [7, 11) is 1.65. The van der Waals surface area contributed by atoms with Crippen LogP contribution < -0.4 is 9.64 Å². The second-order valence-corrected chi connectivity index (χ2v) is 5.84. The molecule has 3 aromatic rings. The van der Waals surface area contributed by atoms with Crippen LogP contribution in [0.1, 0.15) is 6.42 Å². The van der Waals surface area contributed by atoms with Crippen molar-refractivity contribution >= 4 is 11.3 Å². The lowest BCUT2D eigenvalue weighted by atomic mass is 10.2. The van der Waals surface area contributed by atoms with Gasteiger partial charge in [-0.15, -0.1) is 0 Å². The molecule has 1 atom stereocenters. The van der Waals surface area contributed by atoms with Crippen molar-refractivity contribution in [2.45, 2.75) is 12.6 Å². The van der Waals surface area contributed by atoms with Gasteiger partial charge >= 0.3 is 0 Å². The maximum absolute atomic E-state index is 13.4. The number of pyridine rings is 1. The zero-order chi connectivity index (χ0) is 15.8. The predicted molar refractivity (Wildman–Crippen MR) is 88.9 cm³/mol. The van der Waals surface area contributed by atoms with Crippen LogP contribution >= 0.6 is 0 Å². The summed E-state index contributed by atoms with van der Waals surface area (Å²) in [5.41, 5.74) is 3.86. The third-order valence-electron chi connectivity index (χ3n) is 4.33. The lowest BCUT2D eigenvalue weighted by Gasteiger charge is -2.17. The molecule has 4 nitrogen and oxygen atoms in total. The van der Waals surface area contributed by atoms with Gasteiger partial charge in [0.1, 0.15) is 17.6 Å². The second-order valence-electron chi connectivity index (χ2n) is 5.84. The summed E-state index contributed by atoms with van der Waals surface area (Å²) in [6, 6.07) is 11.9. The molecule has 0 N–H and O–H groups in total. The van der Waals surface area contributed by atoms with E-state index in [1.807, 2.05) is 53.2 Å². The first-order valence-electron chi connectivity index (χ1n) is 7.75. The lowest BCUT2D eigenvalue weighted by Crippen LogP contribution is -2.19. The van der Waals surface area contributed by atoms with Gasteiger partial charge in [-0.25, -0.2) is 9.37 Å². The minimum Gasteiger partial charge on any atom is -0.497 e. The van der Waals surface area contributed by atoms with Gasteiger partial charge in [0.05, 0.1) is 12.8 Å². The van der Waals surface area contributed by atoms with Crippen LogP contribution in [0.2, 0.25) is 0 Å². The van der Waals surface area contributed by atoms with Crippen LogP contribution in [0.5, 0.6) is 5.75 Å². The molecule has 1 fully saturated rings. The van der Waals surface area contributed by atoms with E-state index >= 15 is 0 Å². The number of anilines is 1. The summed E-state index contributed by atoms with van der Waals surface area (Å²) in [5.74, 6) is 0.828. The fourth-order valence-corrected chi connectivity index (χ4v) is 3.02. The number of methoxy groups -OCH3 is 1. The molecule has 0 saturated carbocycles. The largest absolute Gasteiger partial charge is 0.497 e. The maximum Gasteiger partial charge on any atom is 0.139 e. The first-order chi connectivity index (χ1) is 11.2. The third kappa shape index (κ3) is 2.63. The number of halogens is 1. The highest BCUT2D eigenvalue weighted by atomic mass is 19.1. The molecule has 1 saturated heterocycles. The van der Waals surface area contributed by atoms with E-state index in [2.05, 4.69) is 4.90 Å². The minimum absolute atomic E-state index is 0.474. The summed E-state index contributed by atoms with van der Waals surface area (Å²) in [4.78, 5) is 6.77. The fraction of sp³-hybridized carbons (Fsp3) is 0.278. The molecule has 0 spiro atoms. The SMILES string of the molecule is COc1ccc(-c2cn3ccc(N4CC[C@@H](F)C4)cc3n2)cc1. The number of ether oxygens (including phenoxy) is 1. The van der Waals surface area contributed by atoms with E-state index < -0.39 is 6.17 Å². The molecule has 0 amide bonds. The molecule has 118 valence electrons. The summed E-state index contributed by atoms with van der Waals surface area (Å²) in [6.45, 7) is 1.24. The van der Waals surface area contributed by atoms with E-state index in [0.717, 1.165) is 34.9 Å². The van der Waals surface area contributed by atoms with E-state index in [1.54, 1.807) is 7.11 Å². The van der Waals surface area contributed by atoms with Gasteiger partial charge in [0.25, 0.3) is 0 Å². The van der Waals surface area contributed by atoms with Gasteiger partial charge in [-0.2, -0.15) is 0 Å². The second kappa shape index (κ2) is 5.57. The van der Waals surface area contributed by atoms with E-state index in [0.29, 0.717) is 13.0 Å². The highest BCUT2D eigenvalue weighted by molar-refractivity contribution is 5.66. The van der Waals surface area contributed by atoms with Crippen LogP contribution in [0, 0.1) is 0 Å². The highest BCUT2D eigenvalue weighted by Crippen LogP contribution is 2.26. The normalized spacial score (nSPS) is 17.8. The van der Waals surface area contributed by atoms with Gasteiger partial charge in [0, 0.05) is 42.8 Å². The lowest BCUT2D eigenvalue weighted by molar-refractivity contribution is 0.364. The van der Waals surface area contributed by atoms with Crippen LogP contribution in [0.3, 0.4) is 0 Å². The Kier molecular flexibility index (Phi) is 3.41. The number of imidazole rings is 1. The monoisotopic (exact) mass is 311 g/mol. The van der Waals surface area contributed by atoms with Crippen LogP contribution in [-0.4, -0.2) is 35.8 Å². The zero-order valence-corrected chi connectivity index (χ0v) is 12.9. The number of fused-ring (bicyclic) bond motifs is 1. The van der Waals surface area contributed by atoms with Crippen molar-refractivity contribution in [1.82, 2.24) is 9.38 Å². The van der Waals surface area contributed by atoms with Gasteiger partial charge < -0.3 is 14.0 Å². The minimum atomic E-state index is -0.721. The van der Waals surface area contributed by atoms with E-state index in [9.17, 15) is 4.39 Å². The molecule has 2 aromatic heterocycles. The van der Waals surface area contributed by atoms with Crippen molar-refractivity contribution in [1.29, 1.82) is 0 Å². The Balaban J connectivity index is 1.67. The fourth-order valence-electron chi connectivity index (χ4n) is 3.02. The van der Waals surface area contributed by atoms with E-state index in [4.69, 9.17) is 9.72 Å².